The summed E-state index contributed by atoms with van der Waals surface area (Å²) in [7, 11) is 0. The average molecular weight is 273 g/mol. The fourth-order valence-electron chi connectivity index (χ4n) is 1.30. The number of hydrogen-bond acceptors (Lipinski definition) is 2. The lowest BCUT2D eigenvalue weighted by Crippen LogP contribution is -2.33. The number of hydrogen-bond donors (Lipinski definition) is 2. The molecular weight excluding hydrogens is 259 g/mol. The fourth-order valence-corrected chi connectivity index (χ4v) is 1.48. The van der Waals surface area contributed by atoms with Crippen LogP contribution in [-0.4, -0.2) is 17.9 Å². The van der Waals surface area contributed by atoms with Crippen molar-refractivity contribution in [1.29, 1.82) is 0 Å². The van der Waals surface area contributed by atoms with Gasteiger partial charge in [-0.25, -0.2) is 4.39 Å². The molecule has 18 heavy (non-hydrogen) atoms. The van der Waals surface area contributed by atoms with E-state index in [0.29, 0.717) is 5.69 Å². The number of rotatable bonds is 4. The van der Waals surface area contributed by atoms with Crippen molar-refractivity contribution < 1.29 is 14.0 Å². The van der Waals surface area contributed by atoms with Gasteiger partial charge < -0.3 is 10.6 Å². The molecule has 4 nitrogen and oxygen atoms in total. The molecule has 0 aliphatic rings. The van der Waals surface area contributed by atoms with Crippen LogP contribution in [0, 0.1) is 5.82 Å². The summed E-state index contributed by atoms with van der Waals surface area (Å²) in [4.78, 5) is 22.8. The van der Waals surface area contributed by atoms with Crippen molar-refractivity contribution in [2.45, 2.75) is 26.3 Å². The van der Waals surface area contributed by atoms with E-state index in [2.05, 4.69) is 10.6 Å². The van der Waals surface area contributed by atoms with Crippen LogP contribution in [0.15, 0.2) is 18.2 Å². The Kier molecular flexibility index (Phi) is 5.09. The first kappa shape index (κ1) is 14.4. The number of amides is 2. The first-order valence-electron chi connectivity index (χ1n) is 5.42. The Balaban J connectivity index is 2.54. The third-order valence-electron chi connectivity index (χ3n) is 1.97. The van der Waals surface area contributed by atoms with Gasteiger partial charge >= 0.3 is 0 Å². The van der Waals surface area contributed by atoms with Crippen LogP contribution in [0.2, 0.25) is 5.02 Å². The maximum Gasteiger partial charge on any atom is 0.233 e. The summed E-state index contributed by atoms with van der Waals surface area (Å²) in [5.74, 6) is -1.40. The standard InChI is InChI=1S/C12H14ClFN2O2/c1-7(2)15-11(17)6-12(18)16-8-3-4-10(14)9(13)5-8/h3-5,7H,6H2,1-2H3,(H,15,17)(H,16,18). The molecule has 0 aromatic heterocycles. The molecule has 0 spiro atoms. The molecule has 2 N–H and O–H groups in total. The second-order valence-corrected chi connectivity index (χ2v) is 4.48. The van der Waals surface area contributed by atoms with Gasteiger partial charge in [0, 0.05) is 11.7 Å². The average Bonchev–Trinajstić information content (AvgIpc) is 2.21. The predicted octanol–water partition coefficient (Wildman–Crippen LogP) is 2.33. The van der Waals surface area contributed by atoms with Gasteiger partial charge in [-0.2, -0.15) is 0 Å². The van der Waals surface area contributed by atoms with Gasteiger partial charge in [-0.15, -0.1) is 0 Å². The van der Waals surface area contributed by atoms with E-state index in [-0.39, 0.29) is 23.4 Å². The SMILES string of the molecule is CC(C)NC(=O)CC(=O)Nc1ccc(F)c(Cl)c1. The first-order chi connectivity index (χ1) is 8.38. The Bertz CT molecular complexity index is 463. The van der Waals surface area contributed by atoms with E-state index in [9.17, 15) is 14.0 Å². The largest absolute Gasteiger partial charge is 0.353 e. The third-order valence-corrected chi connectivity index (χ3v) is 2.26. The summed E-state index contributed by atoms with van der Waals surface area (Å²) in [5.41, 5.74) is 0.351. The lowest BCUT2D eigenvalue weighted by Gasteiger charge is -2.09. The minimum absolute atomic E-state index is 0.0226. The molecule has 98 valence electrons. The smallest absolute Gasteiger partial charge is 0.233 e. The van der Waals surface area contributed by atoms with Crippen LogP contribution in [-0.2, 0) is 9.59 Å². The summed E-state index contributed by atoms with van der Waals surface area (Å²) in [6.45, 7) is 3.60. The van der Waals surface area contributed by atoms with Gasteiger partial charge in [0.2, 0.25) is 11.8 Å². The number of carbonyl (C=O) groups excluding carboxylic acids is 2. The molecule has 0 saturated carbocycles. The Morgan fingerprint density at radius 2 is 2.00 bits per heavy atom. The van der Waals surface area contributed by atoms with Crippen molar-refractivity contribution in [1.82, 2.24) is 5.32 Å². The van der Waals surface area contributed by atoms with Gasteiger partial charge in [-0.3, -0.25) is 9.59 Å². The minimum Gasteiger partial charge on any atom is -0.353 e. The molecule has 6 heteroatoms. The Morgan fingerprint density at radius 3 is 2.56 bits per heavy atom. The summed E-state index contributed by atoms with van der Waals surface area (Å²) < 4.78 is 12.9. The molecule has 1 rings (SSSR count). The molecule has 0 fully saturated rings. The molecular formula is C12H14ClFN2O2. The van der Waals surface area contributed by atoms with E-state index < -0.39 is 11.7 Å². The van der Waals surface area contributed by atoms with Crippen LogP contribution in [0.5, 0.6) is 0 Å². The van der Waals surface area contributed by atoms with Crippen molar-refractivity contribution in [2.75, 3.05) is 5.32 Å². The van der Waals surface area contributed by atoms with Crippen molar-refractivity contribution in [3.05, 3.63) is 29.0 Å². The second-order valence-electron chi connectivity index (χ2n) is 4.08. The van der Waals surface area contributed by atoms with E-state index in [4.69, 9.17) is 11.6 Å². The molecule has 1 aromatic carbocycles. The monoisotopic (exact) mass is 272 g/mol. The quantitative estimate of drug-likeness (QED) is 0.827. The number of carbonyl (C=O) groups is 2. The predicted molar refractivity (Wildman–Crippen MR) is 67.9 cm³/mol. The molecule has 1 aromatic rings. The third kappa shape index (κ3) is 4.71. The number of anilines is 1. The molecule has 0 aliphatic heterocycles. The molecule has 2 amide bonds. The fraction of sp³-hybridized carbons (Fsp3) is 0.333. The van der Waals surface area contributed by atoms with E-state index in [1.807, 2.05) is 0 Å². The molecule has 0 saturated heterocycles. The van der Waals surface area contributed by atoms with Gasteiger partial charge in [-0.05, 0) is 32.0 Å². The molecule has 0 bridgehead atoms. The highest BCUT2D eigenvalue weighted by Gasteiger charge is 2.11. The van der Waals surface area contributed by atoms with Crippen LogP contribution < -0.4 is 10.6 Å². The van der Waals surface area contributed by atoms with Crippen LogP contribution in [0.1, 0.15) is 20.3 Å². The van der Waals surface area contributed by atoms with E-state index in [0.717, 1.165) is 6.07 Å². The molecule has 0 unspecified atom stereocenters. The molecule has 0 radical (unpaired) electrons. The molecule has 0 aliphatic carbocycles. The zero-order chi connectivity index (χ0) is 13.7. The summed E-state index contributed by atoms with van der Waals surface area (Å²) in [6, 6.07) is 3.78. The Hall–Kier alpha value is -1.62. The lowest BCUT2D eigenvalue weighted by molar-refractivity contribution is -0.127. The zero-order valence-corrected chi connectivity index (χ0v) is 10.8. The van der Waals surface area contributed by atoms with E-state index >= 15 is 0 Å². The minimum atomic E-state index is -0.563. The highest BCUT2D eigenvalue weighted by Crippen LogP contribution is 2.19. The first-order valence-corrected chi connectivity index (χ1v) is 5.80. The highest BCUT2D eigenvalue weighted by molar-refractivity contribution is 6.31. The highest BCUT2D eigenvalue weighted by atomic mass is 35.5. The number of nitrogens with one attached hydrogen (secondary N) is 2. The zero-order valence-electron chi connectivity index (χ0n) is 10.1. The summed E-state index contributed by atoms with van der Waals surface area (Å²) >= 11 is 5.57. The Labute approximate surface area is 110 Å². The van der Waals surface area contributed by atoms with Gasteiger partial charge in [0.1, 0.15) is 12.2 Å². The van der Waals surface area contributed by atoms with Gasteiger partial charge in [0.15, 0.2) is 0 Å². The van der Waals surface area contributed by atoms with Crippen molar-refractivity contribution in [3.8, 4) is 0 Å². The van der Waals surface area contributed by atoms with E-state index in [1.165, 1.54) is 12.1 Å². The van der Waals surface area contributed by atoms with Crippen LogP contribution >= 0.6 is 11.6 Å². The van der Waals surface area contributed by atoms with Gasteiger partial charge in [0.25, 0.3) is 0 Å². The van der Waals surface area contributed by atoms with Crippen LogP contribution in [0.25, 0.3) is 0 Å². The maximum atomic E-state index is 12.9. The van der Waals surface area contributed by atoms with E-state index in [1.54, 1.807) is 13.8 Å². The summed E-state index contributed by atoms with van der Waals surface area (Å²) in [5, 5.41) is 4.97. The van der Waals surface area contributed by atoms with Crippen LogP contribution in [0.3, 0.4) is 0 Å². The lowest BCUT2D eigenvalue weighted by atomic mass is 10.3. The Morgan fingerprint density at radius 1 is 1.33 bits per heavy atom. The molecule has 0 atom stereocenters. The van der Waals surface area contributed by atoms with Crippen molar-refractivity contribution in [2.24, 2.45) is 0 Å². The normalized spacial score (nSPS) is 10.3. The van der Waals surface area contributed by atoms with Gasteiger partial charge in [0.05, 0.1) is 5.02 Å². The van der Waals surface area contributed by atoms with Crippen molar-refractivity contribution in [3.63, 3.8) is 0 Å². The maximum absolute atomic E-state index is 12.9. The topological polar surface area (TPSA) is 58.2 Å². The van der Waals surface area contributed by atoms with Gasteiger partial charge in [-0.1, -0.05) is 11.6 Å². The van der Waals surface area contributed by atoms with Crippen LogP contribution in [0.4, 0.5) is 10.1 Å². The van der Waals surface area contributed by atoms with Crippen molar-refractivity contribution >= 4 is 29.1 Å². The number of benzene rings is 1. The second kappa shape index (κ2) is 6.35. The summed E-state index contributed by atoms with van der Waals surface area (Å²) in [6.07, 6.45) is -0.285. The molecule has 0 heterocycles. The number of halogens is 2.